The van der Waals surface area contributed by atoms with Gasteiger partial charge in [0.05, 0.1) is 44.0 Å². The van der Waals surface area contributed by atoms with Crippen LogP contribution in [0.5, 0.6) is 0 Å². The predicted octanol–water partition coefficient (Wildman–Crippen LogP) is -1.98. The Hall–Kier alpha value is -3.26. The highest BCUT2D eigenvalue weighted by Gasteiger charge is 2.38. The highest BCUT2D eigenvalue weighted by molar-refractivity contribution is 5.99. The number of fused-ring (bicyclic) bond motifs is 2. The Balaban J connectivity index is 1.45. The summed E-state index contributed by atoms with van der Waals surface area (Å²) in [5.41, 5.74) is 0.442. The molecule has 13 nitrogen and oxygen atoms in total. The Labute approximate surface area is 200 Å². The number of imidazole rings is 1. The minimum atomic E-state index is -1.03. The van der Waals surface area contributed by atoms with E-state index in [9.17, 15) is 24.6 Å². The van der Waals surface area contributed by atoms with Gasteiger partial charge in [-0.1, -0.05) is 6.08 Å². The molecule has 4 unspecified atom stereocenters. The third-order valence-corrected chi connectivity index (χ3v) is 6.52. The van der Waals surface area contributed by atoms with E-state index in [1.54, 1.807) is 38.2 Å². The first-order valence-electron chi connectivity index (χ1n) is 11.2. The SMILES string of the molecule is CN1C(=O)c2c(ncn2CC(O)CO)N(C)C1OCC(O)CC1C=Cc2c1c(=O)n(C)c(=O)n2C. The Kier molecular flexibility index (Phi) is 6.68. The maximum absolute atomic E-state index is 13.0. The van der Waals surface area contributed by atoms with Crippen LogP contribution in [0.2, 0.25) is 0 Å². The third kappa shape index (κ3) is 4.20. The van der Waals surface area contributed by atoms with Gasteiger partial charge in [-0.3, -0.25) is 23.6 Å². The van der Waals surface area contributed by atoms with Gasteiger partial charge in [-0.15, -0.1) is 0 Å². The summed E-state index contributed by atoms with van der Waals surface area (Å²) < 4.78 is 9.82. The molecule has 2 aromatic heterocycles. The highest BCUT2D eigenvalue weighted by atomic mass is 16.5. The molecule has 3 N–H and O–H groups in total. The fraction of sp³-hybridized carbons (Fsp3) is 0.545. The quantitative estimate of drug-likeness (QED) is 0.382. The minimum absolute atomic E-state index is 0.0118. The second-order valence-electron chi connectivity index (χ2n) is 8.95. The van der Waals surface area contributed by atoms with Crippen LogP contribution in [0.3, 0.4) is 0 Å². The van der Waals surface area contributed by atoms with E-state index < -0.39 is 36.4 Å². The monoisotopic (exact) mass is 490 g/mol. The van der Waals surface area contributed by atoms with Crippen LogP contribution >= 0.6 is 0 Å². The van der Waals surface area contributed by atoms with Crippen molar-refractivity contribution in [3.63, 3.8) is 0 Å². The van der Waals surface area contributed by atoms with Crippen LogP contribution in [0.25, 0.3) is 6.08 Å². The second-order valence-corrected chi connectivity index (χ2v) is 8.95. The van der Waals surface area contributed by atoms with Crippen molar-refractivity contribution >= 4 is 17.8 Å². The summed E-state index contributed by atoms with van der Waals surface area (Å²) in [6.45, 7) is -0.547. The molecule has 0 bridgehead atoms. The molecule has 1 aliphatic heterocycles. The van der Waals surface area contributed by atoms with Gasteiger partial charge in [0, 0.05) is 39.7 Å². The van der Waals surface area contributed by atoms with Crippen molar-refractivity contribution in [1.29, 1.82) is 0 Å². The summed E-state index contributed by atoms with van der Waals surface area (Å²) in [4.78, 5) is 45.1. The number of nitrogens with zero attached hydrogens (tertiary/aromatic N) is 6. The molecule has 1 amide bonds. The van der Waals surface area contributed by atoms with E-state index in [0.717, 1.165) is 4.57 Å². The normalized spacial score (nSPS) is 20.8. The fourth-order valence-corrected chi connectivity index (χ4v) is 4.62. The number of anilines is 1. The molecule has 0 fully saturated rings. The lowest BCUT2D eigenvalue weighted by atomic mass is 9.97. The van der Waals surface area contributed by atoms with Gasteiger partial charge in [-0.2, -0.15) is 0 Å². The lowest BCUT2D eigenvalue weighted by molar-refractivity contribution is -0.0702. The Morgan fingerprint density at radius 1 is 1.06 bits per heavy atom. The summed E-state index contributed by atoms with van der Waals surface area (Å²) in [6, 6.07) is 0. The molecule has 35 heavy (non-hydrogen) atoms. The number of ether oxygens (including phenoxy) is 1. The Bertz CT molecular complexity index is 1280. The highest BCUT2D eigenvalue weighted by Crippen LogP contribution is 2.31. The topological polar surface area (TPSA) is 155 Å². The first kappa shape index (κ1) is 24.9. The van der Waals surface area contributed by atoms with Crippen molar-refractivity contribution in [3.8, 4) is 0 Å². The molecular weight excluding hydrogens is 460 g/mol. The molecule has 13 heteroatoms. The van der Waals surface area contributed by atoms with E-state index in [4.69, 9.17) is 9.84 Å². The number of carbonyl (C=O) groups excluding carboxylic acids is 1. The number of hydrogen-bond acceptors (Lipinski definition) is 9. The van der Waals surface area contributed by atoms with Crippen LogP contribution in [0.4, 0.5) is 5.82 Å². The molecular formula is C22H30N6O7. The molecule has 2 aliphatic rings. The Morgan fingerprint density at radius 2 is 1.77 bits per heavy atom. The van der Waals surface area contributed by atoms with Crippen LogP contribution in [-0.2, 0) is 25.4 Å². The van der Waals surface area contributed by atoms with Crippen LogP contribution < -0.4 is 16.1 Å². The molecule has 0 aromatic carbocycles. The van der Waals surface area contributed by atoms with Gasteiger partial charge in [0.2, 0.25) is 6.35 Å². The number of amides is 1. The number of aliphatic hydroxyl groups excluding tert-OH is 3. The maximum Gasteiger partial charge on any atom is 0.330 e. The number of rotatable bonds is 8. The van der Waals surface area contributed by atoms with Crippen molar-refractivity contribution in [2.45, 2.75) is 37.4 Å². The minimum Gasteiger partial charge on any atom is -0.394 e. The van der Waals surface area contributed by atoms with Gasteiger partial charge in [0.25, 0.3) is 11.5 Å². The lowest BCUT2D eigenvalue weighted by Gasteiger charge is -2.39. The van der Waals surface area contributed by atoms with Gasteiger partial charge in [0.15, 0.2) is 11.5 Å². The largest absolute Gasteiger partial charge is 0.394 e. The number of aromatic nitrogens is 4. The number of carbonyl (C=O) groups is 1. The van der Waals surface area contributed by atoms with Crippen LogP contribution in [0.1, 0.15) is 34.1 Å². The van der Waals surface area contributed by atoms with E-state index in [2.05, 4.69) is 4.98 Å². The molecule has 190 valence electrons. The summed E-state index contributed by atoms with van der Waals surface area (Å²) in [5, 5.41) is 29.5. The summed E-state index contributed by atoms with van der Waals surface area (Å²) >= 11 is 0. The summed E-state index contributed by atoms with van der Waals surface area (Å²) in [7, 11) is 6.27. The zero-order chi connectivity index (χ0) is 25.6. The third-order valence-electron chi connectivity index (χ3n) is 6.52. The molecule has 4 rings (SSSR count). The van der Waals surface area contributed by atoms with Crippen LogP contribution in [0.15, 0.2) is 22.0 Å². The second kappa shape index (κ2) is 9.41. The maximum atomic E-state index is 13.0. The Morgan fingerprint density at radius 3 is 2.46 bits per heavy atom. The van der Waals surface area contributed by atoms with E-state index in [-0.39, 0.29) is 37.1 Å². The first-order valence-corrected chi connectivity index (χ1v) is 11.2. The van der Waals surface area contributed by atoms with Gasteiger partial charge in [0.1, 0.15) is 0 Å². The lowest BCUT2D eigenvalue weighted by Crippen LogP contribution is -2.54. The zero-order valence-corrected chi connectivity index (χ0v) is 20.0. The van der Waals surface area contributed by atoms with Gasteiger partial charge in [-0.25, -0.2) is 9.78 Å². The van der Waals surface area contributed by atoms with Crippen LogP contribution in [0, 0.1) is 0 Å². The van der Waals surface area contributed by atoms with Gasteiger partial charge < -0.3 is 29.5 Å². The zero-order valence-electron chi connectivity index (χ0n) is 20.0. The predicted molar refractivity (Wildman–Crippen MR) is 125 cm³/mol. The van der Waals surface area contributed by atoms with Crippen molar-refractivity contribution in [3.05, 3.63) is 50.2 Å². The standard InChI is InChI=1S/C22H30N6O7/c1-24-15-6-5-12(16(15)19(32)26(3)21(24)34)7-13(30)10-35-22-25(2)18-17(20(33)27(22)4)28(11-23-18)8-14(31)9-29/h5-6,11-14,22,29-31H,7-10H2,1-4H3. The fourth-order valence-electron chi connectivity index (χ4n) is 4.62. The van der Waals surface area contributed by atoms with Gasteiger partial charge in [-0.05, 0) is 12.5 Å². The molecule has 0 radical (unpaired) electrons. The average molecular weight is 491 g/mol. The van der Waals surface area contributed by atoms with Crippen molar-refractivity contribution in [2.24, 2.45) is 14.1 Å². The van der Waals surface area contributed by atoms with Crippen molar-refractivity contribution in [2.75, 3.05) is 32.2 Å². The average Bonchev–Trinajstić information content (AvgIpc) is 3.44. The number of hydrogen-bond donors (Lipinski definition) is 3. The molecule has 3 heterocycles. The summed E-state index contributed by atoms with van der Waals surface area (Å²) in [6.07, 6.45) is 2.30. The number of allylic oxidation sites excluding steroid dienone is 1. The smallest absolute Gasteiger partial charge is 0.330 e. The van der Waals surface area contributed by atoms with Crippen LogP contribution in [-0.4, -0.2) is 90.7 Å². The van der Waals surface area contributed by atoms with Gasteiger partial charge >= 0.3 is 5.69 Å². The molecule has 0 spiro atoms. The molecule has 1 aliphatic carbocycles. The molecule has 2 aromatic rings. The first-order chi connectivity index (χ1) is 16.6. The van der Waals surface area contributed by atoms with E-state index in [0.29, 0.717) is 17.1 Å². The van der Waals surface area contributed by atoms with E-state index in [1.165, 1.54) is 27.4 Å². The molecule has 0 saturated heterocycles. The van der Waals surface area contributed by atoms with Crippen molar-refractivity contribution in [1.82, 2.24) is 23.6 Å². The van der Waals surface area contributed by atoms with E-state index in [1.807, 2.05) is 0 Å². The van der Waals surface area contributed by atoms with E-state index >= 15 is 0 Å². The molecule has 4 atom stereocenters. The van der Waals surface area contributed by atoms with Crippen molar-refractivity contribution < 1.29 is 24.9 Å². The number of aliphatic hydroxyl groups is 3. The molecule has 0 saturated carbocycles. The summed E-state index contributed by atoms with van der Waals surface area (Å²) in [5.74, 6) is -0.398.